The Labute approximate surface area is 130 Å². The van der Waals surface area contributed by atoms with Gasteiger partial charge in [0.1, 0.15) is 0 Å². The van der Waals surface area contributed by atoms with Crippen molar-refractivity contribution in [1.82, 2.24) is 0 Å². The van der Waals surface area contributed by atoms with Crippen LogP contribution in [0.15, 0.2) is 0 Å². The molecule has 0 unspecified atom stereocenters. The van der Waals surface area contributed by atoms with Gasteiger partial charge < -0.3 is 14.6 Å². The van der Waals surface area contributed by atoms with Crippen molar-refractivity contribution in [2.45, 2.75) is 104 Å². The molecule has 4 nitrogen and oxygen atoms in total. The number of aliphatic carboxylic acids is 1. The number of rotatable bonds is 9. The largest absolute Gasteiger partial charge is 0.481 e. The first-order chi connectivity index (χ1) is 9.39. The first-order valence-electron chi connectivity index (χ1n) is 8.01. The lowest BCUT2D eigenvalue weighted by atomic mass is 9.99. The molecule has 0 aromatic heterocycles. The minimum atomic E-state index is -0.829. The van der Waals surface area contributed by atoms with Crippen LogP contribution in [0.1, 0.15) is 87.0 Å². The molecule has 0 saturated carbocycles. The number of unbranched alkanes of at least 4 members (excludes halogenated alkanes) is 2. The van der Waals surface area contributed by atoms with Gasteiger partial charge in [0.2, 0.25) is 0 Å². The second-order valence-electron chi connectivity index (χ2n) is 7.69. The summed E-state index contributed by atoms with van der Waals surface area (Å²) in [5.74, 6) is -1.64. The molecule has 0 aliphatic carbocycles. The third-order valence-corrected chi connectivity index (χ3v) is 2.87. The summed E-state index contributed by atoms with van der Waals surface area (Å²) in [6.45, 7) is 14.0. The van der Waals surface area contributed by atoms with E-state index in [0.29, 0.717) is 6.42 Å². The number of hydrogen-bond donors (Lipinski definition) is 1. The van der Waals surface area contributed by atoms with Gasteiger partial charge in [-0.2, -0.15) is 0 Å². The summed E-state index contributed by atoms with van der Waals surface area (Å²) >= 11 is 0. The van der Waals surface area contributed by atoms with Crippen molar-refractivity contribution in [2.24, 2.45) is 0 Å². The van der Waals surface area contributed by atoms with Crippen LogP contribution < -0.4 is 0 Å². The molecule has 0 rings (SSSR count). The first kappa shape index (κ1) is 20.4. The summed E-state index contributed by atoms with van der Waals surface area (Å²) in [7, 11) is 0. The second-order valence-corrected chi connectivity index (χ2v) is 7.69. The molecule has 0 amide bonds. The van der Waals surface area contributed by atoms with E-state index in [2.05, 4.69) is 6.92 Å². The maximum atomic E-state index is 11.0. The van der Waals surface area contributed by atoms with Crippen LogP contribution >= 0.6 is 0 Å². The van der Waals surface area contributed by atoms with Crippen LogP contribution in [0.25, 0.3) is 0 Å². The molecule has 0 aromatic carbocycles. The molecule has 0 aliphatic heterocycles. The van der Waals surface area contributed by atoms with Gasteiger partial charge in [-0.3, -0.25) is 4.79 Å². The standard InChI is InChI=1S/C17H34O4/c1-8-9-10-12-17(13-11-14(18)19,20-15(2,3)4)21-16(5,6)7/h8-13H2,1-7H3,(H,18,19). The van der Waals surface area contributed by atoms with Crippen LogP contribution in [-0.2, 0) is 14.3 Å². The summed E-state index contributed by atoms with van der Waals surface area (Å²) in [6, 6.07) is 0. The minimum absolute atomic E-state index is 0.0539. The zero-order valence-electron chi connectivity index (χ0n) is 14.9. The van der Waals surface area contributed by atoms with E-state index in [1.54, 1.807) is 0 Å². The lowest BCUT2D eigenvalue weighted by molar-refractivity contribution is -0.317. The quantitative estimate of drug-likeness (QED) is 0.493. The summed E-state index contributed by atoms with van der Waals surface area (Å²) in [4.78, 5) is 11.0. The summed E-state index contributed by atoms with van der Waals surface area (Å²) < 4.78 is 12.4. The van der Waals surface area contributed by atoms with Crippen molar-refractivity contribution in [3.05, 3.63) is 0 Å². The number of carbonyl (C=O) groups is 1. The van der Waals surface area contributed by atoms with Gasteiger partial charge in [-0.25, -0.2) is 0 Å². The van der Waals surface area contributed by atoms with Crippen LogP contribution in [0.4, 0.5) is 0 Å². The highest BCUT2D eigenvalue weighted by Crippen LogP contribution is 2.35. The maximum Gasteiger partial charge on any atom is 0.303 e. The molecular formula is C17H34O4. The van der Waals surface area contributed by atoms with Crippen molar-refractivity contribution in [1.29, 1.82) is 0 Å². The molecule has 0 aliphatic rings. The van der Waals surface area contributed by atoms with E-state index in [1.165, 1.54) is 0 Å². The number of hydrogen-bond acceptors (Lipinski definition) is 3. The molecule has 0 spiro atoms. The number of carboxylic acid groups (broad SMARTS) is 1. The molecule has 0 atom stereocenters. The van der Waals surface area contributed by atoms with Crippen LogP contribution in [0, 0.1) is 0 Å². The Morgan fingerprint density at radius 2 is 1.38 bits per heavy atom. The Balaban J connectivity index is 5.19. The topological polar surface area (TPSA) is 55.8 Å². The van der Waals surface area contributed by atoms with E-state index in [1.807, 2.05) is 41.5 Å². The third kappa shape index (κ3) is 10.7. The zero-order valence-corrected chi connectivity index (χ0v) is 14.9. The third-order valence-electron chi connectivity index (χ3n) is 2.87. The van der Waals surface area contributed by atoms with Crippen LogP contribution in [0.3, 0.4) is 0 Å². The summed E-state index contributed by atoms with van der Waals surface area (Å²) in [5, 5.41) is 9.03. The molecule has 0 fully saturated rings. The minimum Gasteiger partial charge on any atom is -0.481 e. The molecule has 0 saturated heterocycles. The molecule has 0 aromatic rings. The van der Waals surface area contributed by atoms with Crippen molar-refractivity contribution in [2.75, 3.05) is 0 Å². The van der Waals surface area contributed by atoms with Gasteiger partial charge in [-0.15, -0.1) is 0 Å². The Morgan fingerprint density at radius 1 is 0.905 bits per heavy atom. The Morgan fingerprint density at radius 3 is 1.71 bits per heavy atom. The fraction of sp³-hybridized carbons (Fsp3) is 0.941. The molecule has 21 heavy (non-hydrogen) atoms. The van der Waals surface area contributed by atoms with E-state index in [4.69, 9.17) is 14.6 Å². The fourth-order valence-corrected chi connectivity index (χ4v) is 2.41. The monoisotopic (exact) mass is 302 g/mol. The highest BCUT2D eigenvalue weighted by Gasteiger charge is 2.39. The lowest BCUT2D eigenvalue weighted by Crippen LogP contribution is -2.47. The van der Waals surface area contributed by atoms with Crippen molar-refractivity contribution < 1.29 is 19.4 Å². The molecule has 0 radical (unpaired) electrons. The van der Waals surface area contributed by atoms with Crippen molar-refractivity contribution in [3.63, 3.8) is 0 Å². The molecule has 126 valence electrons. The van der Waals surface area contributed by atoms with E-state index in [-0.39, 0.29) is 17.6 Å². The SMILES string of the molecule is CCCCCC(CCC(=O)O)(OC(C)(C)C)OC(C)(C)C. The highest BCUT2D eigenvalue weighted by molar-refractivity contribution is 5.66. The smallest absolute Gasteiger partial charge is 0.303 e. The van der Waals surface area contributed by atoms with E-state index < -0.39 is 11.8 Å². The Hall–Kier alpha value is -0.610. The average molecular weight is 302 g/mol. The van der Waals surface area contributed by atoms with Gasteiger partial charge >= 0.3 is 5.97 Å². The predicted octanol–water partition coefficient (Wildman–Crippen LogP) is 4.76. The molecular weight excluding hydrogens is 268 g/mol. The van der Waals surface area contributed by atoms with Crippen molar-refractivity contribution >= 4 is 5.97 Å². The molecule has 0 bridgehead atoms. The Kier molecular flexibility index (Phi) is 7.90. The summed E-state index contributed by atoms with van der Waals surface area (Å²) in [6.07, 6.45) is 4.33. The normalized spacial score (nSPS) is 13.5. The van der Waals surface area contributed by atoms with Crippen LogP contribution in [0.2, 0.25) is 0 Å². The first-order valence-corrected chi connectivity index (χ1v) is 8.01. The summed E-state index contributed by atoms with van der Waals surface area (Å²) in [5.41, 5.74) is -0.758. The second kappa shape index (κ2) is 8.14. The fourth-order valence-electron chi connectivity index (χ4n) is 2.41. The van der Waals surface area contributed by atoms with Gasteiger partial charge in [0, 0.05) is 12.8 Å². The highest BCUT2D eigenvalue weighted by atomic mass is 16.7. The number of carboxylic acids is 1. The average Bonchev–Trinajstić information content (AvgIpc) is 2.22. The van der Waals surface area contributed by atoms with Gasteiger partial charge in [0.05, 0.1) is 17.6 Å². The zero-order chi connectivity index (χ0) is 16.7. The Bertz CT molecular complexity index is 294. The van der Waals surface area contributed by atoms with Gasteiger partial charge in [0.15, 0.2) is 5.79 Å². The molecule has 1 N–H and O–H groups in total. The van der Waals surface area contributed by atoms with Gasteiger partial charge in [-0.05, 0) is 48.0 Å². The van der Waals surface area contributed by atoms with Gasteiger partial charge in [-0.1, -0.05) is 19.8 Å². The van der Waals surface area contributed by atoms with E-state index >= 15 is 0 Å². The maximum absolute atomic E-state index is 11.0. The van der Waals surface area contributed by atoms with Crippen LogP contribution in [-0.4, -0.2) is 28.1 Å². The van der Waals surface area contributed by atoms with E-state index in [0.717, 1.165) is 25.7 Å². The molecule has 4 heteroatoms. The van der Waals surface area contributed by atoms with Crippen molar-refractivity contribution in [3.8, 4) is 0 Å². The number of ether oxygens (including phenoxy) is 2. The van der Waals surface area contributed by atoms with E-state index in [9.17, 15) is 4.79 Å². The predicted molar refractivity (Wildman–Crippen MR) is 85.4 cm³/mol. The lowest BCUT2D eigenvalue weighted by Gasteiger charge is -2.43. The van der Waals surface area contributed by atoms with Gasteiger partial charge in [0.25, 0.3) is 0 Å². The molecule has 0 heterocycles. The van der Waals surface area contributed by atoms with Crippen LogP contribution in [0.5, 0.6) is 0 Å².